The number of nitrogens with one attached hydrogen (secondary N) is 2. The van der Waals surface area contributed by atoms with Crippen LogP contribution in [0.1, 0.15) is 50.4 Å². The number of amides is 3. The number of carbonyl (C=O) groups is 3. The smallest absolute Gasteiger partial charge is 0.408 e. The first-order valence-electron chi connectivity index (χ1n) is 13.5. The topological polar surface area (TPSA) is 117 Å². The number of likely N-dealkylation sites (N-methyl/N-ethyl adjacent to an activating group) is 1. The number of benzene rings is 3. The number of carbonyl (C=O) groups excluding carboxylic acids is 3. The van der Waals surface area contributed by atoms with E-state index >= 15 is 0 Å². The lowest BCUT2D eigenvalue weighted by Gasteiger charge is -2.34. The molecule has 3 aromatic rings. The third kappa shape index (κ3) is 8.99. The predicted octanol–water partition coefficient (Wildman–Crippen LogP) is 5.37. The first-order chi connectivity index (χ1) is 19.4. The lowest BCUT2D eigenvalue weighted by atomic mass is 9.99. The van der Waals surface area contributed by atoms with Crippen LogP contribution in [0.2, 0.25) is 0 Å². The summed E-state index contributed by atoms with van der Waals surface area (Å²) in [6.45, 7) is 9.12. The Bertz CT molecular complexity index is 1320. The molecule has 2 unspecified atom stereocenters. The predicted molar refractivity (Wildman–Crippen MR) is 158 cm³/mol. The lowest BCUT2D eigenvalue weighted by Crippen LogP contribution is -2.53. The van der Waals surface area contributed by atoms with Crippen LogP contribution in [0.25, 0.3) is 0 Å². The van der Waals surface area contributed by atoms with Gasteiger partial charge >= 0.3 is 6.09 Å². The van der Waals surface area contributed by atoms with E-state index in [9.17, 15) is 19.5 Å². The monoisotopic (exact) mass is 561 g/mol. The minimum atomic E-state index is -1.05. The molecule has 0 aromatic heterocycles. The van der Waals surface area contributed by atoms with Gasteiger partial charge in [0.15, 0.2) is 0 Å². The van der Waals surface area contributed by atoms with Gasteiger partial charge in [0.2, 0.25) is 5.91 Å². The second-order valence-corrected chi connectivity index (χ2v) is 10.7. The number of ether oxygens (including phenoxy) is 2. The maximum atomic E-state index is 14.2. The van der Waals surface area contributed by atoms with E-state index in [4.69, 9.17) is 9.47 Å². The van der Waals surface area contributed by atoms with Crippen molar-refractivity contribution in [3.63, 3.8) is 0 Å². The summed E-state index contributed by atoms with van der Waals surface area (Å²) in [6, 6.07) is 18.7. The van der Waals surface area contributed by atoms with E-state index in [1.165, 1.54) is 17.0 Å². The third-order valence-electron chi connectivity index (χ3n) is 6.30. The van der Waals surface area contributed by atoms with Gasteiger partial charge < -0.3 is 30.1 Å². The molecule has 0 bridgehead atoms. The largest absolute Gasteiger partial charge is 0.508 e. The summed E-state index contributed by atoms with van der Waals surface area (Å²) in [7, 11) is 1.56. The van der Waals surface area contributed by atoms with Crippen molar-refractivity contribution in [1.29, 1.82) is 0 Å². The highest BCUT2D eigenvalue weighted by Gasteiger charge is 2.35. The quantitative estimate of drug-likeness (QED) is 0.306. The van der Waals surface area contributed by atoms with E-state index in [1.807, 2.05) is 31.2 Å². The van der Waals surface area contributed by atoms with Gasteiger partial charge in [-0.25, -0.2) is 4.79 Å². The molecule has 9 nitrogen and oxygen atoms in total. The van der Waals surface area contributed by atoms with E-state index in [0.29, 0.717) is 22.6 Å². The molecule has 0 aliphatic rings. The molecule has 0 saturated carbocycles. The molecular weight excluding hydrogens is 522 g/mol. The number of phenolic OH excluding ortho intramolecular Hbond substituents is 1. The van der Waals surface area contributed by atoms with Crippen LogP contribution in [0, 0.1) is 6.92 Å². The second kappa shape index (κ2) is 13.7. The number of anilines is 1. The fourth-order valence-corrected chi connectivity index (χ4v) is 4.29. The van der Waals surface area contributed by atoms with Crippen molar-refractivity contribution in [2.45, 2.75) is 58.7 Å². The van der Waals surface area contributed by atoms with E-state index in [0.717, 1.165) is 5.56 Å². The fourth-order valence-electron chi connectivity index (χ4n) is 4.29. The second-order valence-electron chi connectivity index (χ2n) is 10.7. The Balaban J connectivity index is 1.98. The van der Waals surface area contributed by atoms with Crippen LogP contribution in [-0.4, -0.2) is 53.2 Å². The standard InChI is InChI=1S/C32H39N3O6/c1-7-35(30(38)27(34-31(39)41-32(3,4)5)20-22-10-16-25(36)17-11-22)28(23-12-8-21(2)9-13-23)29(37)33-24-14-18-26(40-6)19-15-24/h8-19,27-28,36H,7,20H2,1-6H3,(H,33,37)(H,34,39). The minimum Gasteiger partial charge on any atom is -0.508 e. The average molecular weight is 562 g/mol. The molecule has 218 valence electrons. The highest BCUT2D eigenvalue weighted by molar-refractivity contribution is 5.99. The third-order valence-corrected chi connectivity index (χ3v) is 6.30. The fraction of sp³-hybridized carbons (Fsp3) is 0.344. The molecule has 0 radical (unpaired) electrons. The van der Waals surface area contributed by atoms with Crippen LogP contribution in [0.3, 0.4) is 0 Å². The van der Waals surface area contributed by atoms with E-state index < -0.39 is 35.6 Å². The van der Waals surface area contributed by atoms with Gasteiger partial charge in [-0.3, -0.25) is 9.59 Å². The number of methoxy groups -OCH3 is 1. The van der Waals surface area contributed by atoms with Gasteiger partial charge in [0, 0.05) is 18.7 Å². The Hall–Kier alpha value is -4.53. The van der Waals surface area contributed by atoms with Crippen molar-refractivity contribution < 1.29 is 29.0 Å². The average Bonchev–Trinajstić information content (AvgIpc) is 2.92. The number of aryl methyl sites for hydroxylation is 1. The minimum absolute atomic E-state index is 0.0848. The summed E-state index contributed by atoms with van der Waals surface area (Å²) in [5.41, 5.74) is 2.11. The van der Waals surface area contributed by atoms with Crippen molar-refractivity contribution in [2.75, 3.05) is 19.0 Å². The van der Waals surface area contributed by atoms with Gasteiger partial charge in [0.25, 0.3) is 5.91 Å². The Labute approximate surface area is 241 Å². The first-order valence-corrected chi connectivity index (χ1v) is 13.5. The molecule has 0 heterocycles. The molecule has 0 aliphatic carbocycles. The number of hydrogen-bond donors (Lipinski definition) is 3. The van der Waals surface area contributed by atoms with Crippen molar-refractivity contribution in [3.8, 4) is 11.5 Å². The Kier molecular flexibility index (Phi) is 10.4. The molecule has 3 aromatic carbocycles. The summed E-state index contributed by atoms with van der Waals surface area (Å²) in [6.07, 6.45) is -0.629. The van der Waals surface area contributed by atoms with Gasteiger partial charge in [-0.15, -0.1) is 0 Å². The van der Waals surface area contributed by atoms with Gasteiger partial charge in [-0.1, -0.05) is 42.0 Å². The molecule has 9 heteroatoms. The summed E-state index contributed by atoms with van der Waals surface area (Å²) >= 11 is 0. The highest BCUT2D eigenvalue weighted by Crippen LogP contribution is 2.26. The van der Waals surface area contributed by atoms with Gasteiger partial charge in [0.1, 0.15) is 29.2 Å². The van der Waals surface area contributed by atoms with Crippen molar-refractivity contribution in [3.05, 3.63) is 89.5 Å². The maximum Gasteiger partial charge on any atom is 0.408 e. The first kappa shape index (κ1) is 31.0. The zero-order chi connectivity index (χ0) is 30.2. The number of rotatable bonds is 10. The Morgan fingerprint density at radius 3 is 2.07 bits per heavy atom. The zero-order valence-corrected chi connectivity index (χ0v) is 24.4. The molecule has 3 amide bonds. The summed E-state index contributed by atoms with van der Waals surface area (Å²) in [5, 5.41) is 15.3. The van der Waals surface area contributed by atoms with Crippen molar-refractivity contribution in [1.82, 2.24) is 10.2 Å². The number of hydrogen-bond acceptors (Lipinski definition) is 6. The molecule has 0 spiro atoms. The molecule has 3 rings (SSSR count). The summed E-state index contributed by atoms with van der Waals surface area (Å²) < 4.78 is 10.7. The Morgan fingerprint density at radius 2 is 1.54 bits per heavy atom. The zero-order valence-electron chi connectivity index (χ0n) is 24.4. The molecular formula is C32H39N3O6. The van der Waals surface area contributed by atoms with Crippen LogP contribution >= 0.6 is 0 Å². The van der Waals surface area contributed by atoms with Crippen LogP contribution in [0.15, 0.2) is 72.8 Å². The van der Waals surface area contributed by atoms with Crippen LogP contribution < -0.4 is 15.4 Å². The van der Waals surface area contributed by atoms with E-state index in [-0.39, 0.29) is 18.7 Å². The molecule has 0 aliphatic heterocycles. The lowest BCUT2D eigenvalue weighted by molar-refractivity contribution is -0.140. The SMILES string of the molecule is CCN(C(=O)C(Cc1ccc(O)cc1)NC(=O)OC(C)(C)C)C(C(=O)Nc1ccc(OC)cc1)c1ccc(C)cc1. The van der Waals surface area contributed by atoms with Gasteiger partial charge in [-0.05, 0) is 82.1 Å². The molecule has 0 saturated heterocycles. The molecule has 3 N–H and O–H groups in total. The molecule has 41 heavy (non-hydrogen) atoms. The van der Waals surface area contributed by atoms with Crippen LogP contribution in [0.5, 0.6) is 11.5 Å². The molecule has 2 atom stereocenters. The number of aromatic hydroxyl groups is 1. The summed E-state index contributed by atoms with van der Waals surface area (Å²) in [4.78, 5) is 42.2. The van der Waals surface area contributed by atoms with Gasteiger partial charge in [0.05, 0.1) is 7.11 Å². The normalized spacial score (nSPS) is 12.5. The van der Waals surface area contributed by atoms with Gasteiger partial charge in [-0.2, -0.15) is 0 Å². The van der Waals surface area contributed by atoms with Crippen LogP contribution in [-0.2, 0) is 20.7 Å². The highest BCUT2D eigenvalue weighted by atomic mass is 16.6. The van der Waals surface area contributed by atoms with Crippen molar-refractivity contribution >= 4 is 23.6 Å². The van der Waals surface area contributed by atoms with E-state index in [2.05, 4.69) is 10.6 Å². The Morgan fingerprint density at radius 1 is 0.927 bits per heavy atom. The molecule has 0 fully saturated rings. The van der Waals surface area contributed by atoms with Crippen molar-refractivity contribution in [2.24, 2.45) is 0 Å². The number of alkyl carbamates (subject to hydrolysis) is 1. The van der Waals surface area contributed by atoms with E-state index in [1.54, 1.807) is 71.2 Å². The van der Waals surface area contributed by atoms with Crippen LogP contribution in [0.4, 0.5) is 10.5 Å². The maximum absolute atomic E-state index is 14.2. The number of phenols is 1. The number of nitrogens with zero attached hydrogens (tertiary/aromatic N) is 1. The summed E-state index contributed by atoms with van der Waals surface area (Å²) in [5.74, 6) is -0.132.